The molecule has 1 saturated heterocycles. The van der Waals surface area contributed by atoms with E-state index >= 15 is 0 Å². The van der Waals surface area contributed by atoms with Crippen LogP contribution < -0.4 is 10.6 Å². The Bertz CT molecular complexity index is 777. The van der Waals surface area contributed by atoms with E-state index in [9.17, 15) is 18.0 Å². The average Bonchev–Trinajstić information content (AvgIpc) is 2.90. The molecule has 10 heteroatoms. The van der Waals surface area contributed by atoms with Gasteiger partial charge in [0.25, 0.3) is 5.91 Å². The number of amides is 1. The summed E-state index contributed by atoms with van der Waals surface area (Å²) in [5.74, 6) is 0.00537. The van der Waals surface area contributed by atoms with Crippen LogP contribution in [0.3, 0.4) is 0 Å². The maximum absolute atomic E-state index is 12.2. The first-order chi connectivity index (χ1) is 11.8. The number of aromatic nitrogens is 2. The van der Waals surface area contributed by atoms with Crippen LogP contribution in [0.2, 0.25) is 0 Å². The van der Waals surface area contributed by atoms with Gasteiger partial charge in [0.2, 0.25) is 0 Å². The molecular formula is C16H20ClF3N4OS. The summed E-state index contributed by atoms with van der Waals surface area (Å²) < 4.78 is 38.2. The van der Waals surface area contributed by atoms with Crippen LogP contribution in [-0.4, -0.2) is 46.6 Å². The molecule has 2 aromatic rings. The number of benzene rings is 1. The Kier molecular flexibility index (Phi) is 6.81. The van der Waals surface area contributed by atoms with Crippen LogP contribution in [0.25, 0.3) is 10.9 Å². The lowest BCUT2D eigenvalue weighted by Gasteiger charge is -2.26. The van der Waals surface area contributed by atoms with Crippen LogP contribution in [-0.2, 0) is 6.54 Å². The van der Waals surface area contributed by atoms with E-state index in [1.807, 2.05) is 17.8 Å². The summed E-state index contributed by atoms with van der Waals surface area (Å²) in [7, 11) is 0. The van der Waals surface area contributed by atoms with Crippen LogP contribution in [0.1, 0.15) is 15.9 Å². The van der Waals surface area contributed by atoms with Gasteiger partial charge in [0.15, 0.2) is 0 Å². The number of fused-ring (bicyclic) bond motifs is 1. The van der Waals surface area contributed by atoms with Gasteiger partial charge >= 0.3 is 5.51 Å². The zero-order chi connectivity index (χ0) is 18.0. The molecule has 1 aromatic carbocycles. The highest BCUT2D eigenvalue weighted by Crippen LogP contribution is 2.29. The number of thioether (sulfide) groups is 1. The molecule has 1 amide bonds. The second-order valence-corrected chi connectivity index (χ2v) is 7.26. The minimum Gasteiger partial charge on any atom is -0.351 e. The first-order valence-electron chi connectivity index (χ1n) is 8.00. The van der Waals surface area contributed by atoms with E-state index < -0.39 is 5.51 Å². The van der Waals surface area contributed by atoms with E-state index in [1.165, 1.54) is 0 Å². The second kappa shape index (κ2) is 8.49. The molecule has 0 radical (unpaired) electrons. The first-order valence-corrected chi connectivity index (χ1v) is 8.98. The standard InChI is InChI=1S/C16H19F3N4OS.ClH/c1-10-12(15(24)21-4-5-25-16(17,18)19)2-3-14-13(10)9-23(22-14)8-11-6-20-7-11;/h2-3,9,11,20H,4-8H2,1H3,(H,21,24);1H. The number of alkyl halides is 3. The molecule has 1 fully saturated rings. The van der Waals surface area contributed by atoms with Crippen LogP contribution in [0.15, 0.2) is 18.3 Å². The fourth-order valence-corrected chi connectivity index (χ4v) is 3.22. The predicted octanol–water partition coefficient (Wildman–Crippen LogP) is 2.97. The number of nitrogens with one attached hydrogen (secondary N) is 2. The summed E-state index contributed by atoms with van der Waals surface area (Å²) in [4.78, 5) is 12.2. The first kappa shape index (κ1) is 20.9. The number of hydrogen-bond donors (Lipinski definition) is 2. The zero-order valence-electron chi connectivity index (χ0n) is 14.1. The van der Waals surface area contributed by atoms with E-state index in [0.717, 1.165) is 36.1 Å². The molecule has 0 atom stereocenters. The minimum atomic E-state index is -4.27. The molecule has 0 spiro atoms. The van der Waals surface area contributed by atoms with E-state index in [0.29, 0.717) is 11.5 Å². The summed E-state index contributed by atoms with van der Waals surface area (Å²) >= 11 is -0.139. The maximum atomic E-state index is 12.2. The van der Waals surface area contributed by atoms with Gasteiger partial charge in [-0.25, -0.2) is 0 Å². The highest BCUT2D eigenvalue weighted by Gasteiger charge is 2.27. The molecular weight excluding hydrogens is 389 g/mol. The summed E-state index contributed by atoms with van der Waals surface area (Å²) in [6, 6.07) is 3.45. The molecule has 5 nitrogen and oxygen atoms in total. The van der Waals surface area contributed by atoms with Crippen molar-refractivity contribution in [2.24, 2.45) is 5.92 Å². The van der Waals surface area contributed by atoms with Crippen LogP contribution in [0.4, 0.5) is 13.2 Å². The maximum Gasteiger partial charge on any atom is 0.441 e. The highest BCUT2D eigenvalue weighted by atomic mass is 35.5. The monoisotopic (exact) mass is 408 g/mol. The van der Waals surface area contributed by atoms with Gasteiger partial charge in [0.1, 0.15) is 0 Å². The van der Waals surface area contributed by atoms with Crippen molar-refractivity contribution in [2.45, 2.75) is 19.0 Å². The smallest absolute Gasteiger partial charge is 0.351 e. The van der Waals surface area contributed by atoms with Gasteiger partial charge in [-0.15, -0.1) is 12.4 Å². The van der Waals surface area contributed by atoms with E-state index in [2.05, 4.69) is 15.7 Å². The normalized spacial score (nSPS) is 14.8. The van der Waals surface area contributed by atoms with Crippen molar-refractivity contribution in [2.75, 3.05) is 25.4 Å². The van der Waals surface area contributed by atoms with Gasteiger partial charge in [0, 0.05) is 55.0 Å². The molecule has 144 valence electrons. The van der Waals surface area contributed by atoms with Crippen LogP contribution >= 0.6 is 24.2 Å². The topological polar surface area (TPSA) is 59.0 Å². The second-order valence-electron chi connectivity index (χ2n) is 6.10. The molecule has 1 aromatic heterocycles. The Labute approximate surface area is 159 Å². The Morgan fingerprint density at radius 1 is 1.42 bits per heavy atom. The molecule has 0 aliphatic carbocycles. The molecule has 0 unspecified atom stereocenters. The minimum absolute atomic E-state index is 0. The Balaban J connectivity index is 0.00000243. The zero-order valence-corrected chi connectivity index (χ0v) is 15.7. The quantitative estimate of drug-likeness (QED) is 0.721. The number of nitrogens with zero attached hydrogens (tertiary/aromatic N) is 2. The molecule has 1 aliphatic heterocycles. The van der Waals surface area contributed by atoms with Crippen molar-refractivity contribution in [1.82, 2.24) is 20.4 Å². The fourth-order valence-electron chi connectivity index (χ4n) is 2.79. The summed E-state index contributed by atoms with van der Waals surface area (Å²) in [6.45, 7) is 4.60. The van der Waals surface area contributed by atoms with Crippen molar-refractivity contribution >= 4 is 41.0 Å². The largest absolute Gasteiger partial charge is 0.441 e. The number of aryl methyl sites for hydroxylation is 1. The average molecular weight is 409 g/mol. The number of hydrogen-bond acceptors (Lipinski definition) is 4. The van der Waals surface area contributed by atoms with Gasteiger partial charge in [0.05, 0.1) is 5.52 Å². The SMILES string of the molecule is Cc1c(C(=O)NCCSC(F)(F)F)ccc2nn(CC3CNC3)cc12.Cl. The van der Waals surface area contributed by atoms with E-state index in [4.69, 9.17) is 0 Å². The number of halogens is 4. The molecule has 26 heavy (non-hydrogen) atoms. The summed E-state index contributed by atoms with van der Waals surface area (Å²) in [5.41, 5.74) is -2.20. The van der Waals surface area contributed by atoms with Gasteiger partial charge < -0.3 is 10.6 Å². The molecule has 1 aliphatic rings. The molecule has 0 bridgehead atoms. The van der Waals surface area contributed by atoms with Gasteiger partial charge in [-0.3, -0.25) is 9.48 Å². The van der Waals surface area contributed by atoms with Crippen LogP contribution in [0, 0.1) is 12.8 Å². The lowest BCUT2D eigenvalue weighted by atomic mass is 10.0. The van der Waals surface area contributed by atoms with Gasteiger partial charge in [-0.05, 0) is 36.4 Å². The van der Waals surface area contributed by atoms with Crippen LogP contribution in [0.5, 0.6) is 0 Å². The predicted molar refractivity (Wildman–Crippen MR) is 98.9 cm³/mol. The lowest BCUT2D eigenvalue weighted by Crippen LogP contribution is -2.44. The summed E-state index contributed by atoms with van der Waals surface area (Å²) in [6.07, 6.45) is 1.93. The number of carbonyl (C=O) groups excluding carboxylic acids is 1. The molecule has 0 saturated carbocycles. The van der Waals surface area contributed by atoms with Crippen molar-refractivity contribution in [3.63, 3.8) is 0 Å². The Morgan fingerprint density at radius 3 is 2.77 bits per heavy atom. The lowest BCUT2D eigenvalue weighted by molar-refractivity contribution is -0.0327. The van der Waals surface area contributed by atoms with Crippen molar-refractivity contribution in [1.29, 1.82) is 0 Å². The number of carbonyl (C=O) groups is 1. The summed E-state index contributed by atoms with van der Waals surface area (Å²) in [5, 5.41) is 11.2. The Hall–Kier alpha value is -1.45. The van der Waals surface area contributed by atoms with Crippen molar-refractivity contribution in [3.8, 4) is 0 Å². The molecule has 3 rings (SSSR count). The molecule has 2 heterocycles. The van der Waals surface area contributed by atoms with Crippen molar-refractivity contribution in [3.05, 3.63) is 29.5 Å². The Morgan fingerprint density at radius 2 is 2.15 bits per heavy atom. The molecule has 2 N–H and O–H groups in total. The van der Waals surface area contributed by atoms with E-state index in [-0.39, 0.29) is 42.4 Å². The third kappa shape index (κ3) is 5.05. The third-order valence-corrected chi connectivity index (χ3v) is 4.95. The van der Waals surface area contributed by atoms with Crippen molar-refractivity contribution < 1.29 is 18.0 Å². The fraction of sp³-hybridized carbons (Fsp3) is 0.500. The number of rotatable bonds is 6. The van der Waals surface area contributed by atoms with Gasteiger partial charge in [-0.2, -0.15) is 18.3 Å². The van der Waals surface area contributed by atoms with E-state index in [1.54, 1.807) is 12.1 Å². The third-order valence-electron chi connectivity index (χ3n) is 4.22. The highest BCUT2D eigenvalue weighted by molar-refractivity contribution is 8.00. The van der Waals surface area contributed by atoms with Gasteiger partial charge in [-0.1, -0.05) is 0 Å².